The van der Waals surface area contributed by atoms with Crippen LogP contribution in [0, 0.1) is 0 Å². The number of anilines is 1. The van der Waals surface area contributed by atoms with Crippen molar-refractivity contribution in [1.82, 2.24) is 4.98 Å². The maximum Gasteiger partial charge on any atom is 0.326 e. The molecule has 0 bridgehead atoms. The van der Waals surface area contributed by atoms with Crippen LogP contribution in [0.3, 0.4) is 0 Å². The molecule has 1 unspecified atom stereocenters. The van der Waals surface area contributed by atoms with E-state index in [1.54, 1.807) is 0 Å². The summed E-state index contributed by atoms with van der Waals surface area (Å²) in [4.78, 5) is 15.0. The molecule has 0 amide bonds. The van der Waals surface area contributed by atoms with E-state index in [9.17, 15) is 4.79 Å². The van der Waals surface area contributed by atoms with Crippen molar-refractivity contribution in [3.63, 3.8) is 0 Å². The number of aromatic nitrogens is 1. The number of nitrogens with zero attached hydrogens (tertiary/aromatic N) is 1. The molecule has 5 nitrogen and oxygen atoms in total. The predicted molar refractivity (Wildman–Crippen MR) is 60.2 cm³/mol. The third-order valence-corrected chi connectivity index (χ3v) is 2.78. The van der Waals surface area contributed by atoms with E-state index in [0.717, 1.165) is 12.1 Å². The number of aliphatic carboxylic acids is 1. The Hall–Kier alpha value is -1.14. The number of hydrogen-bond acceptors (Lipinski definition) is 5. The molecule has 1 aromatic heterocycles. The molecule has 4 N–H and O–H groups in total. The quantitative estimate of drug-likeness (QED) is 0.675. The number of rotatable bonds is 6. The van der Waals surface area contributed by atoms with E-state index in [0.29, 0.717) is 18.1 Å². The zero-order chi connectivity index (χ0) is 11.3. The van der Waals surface area contributed by atoms with E-state index >= 15 is 0 Å². The third-order valence-electron chi connectivity index (χ3n) is 1.96. The van der Waals surface area contributed by atoms with E-state index in [4.69, 9.17) is 10.8 Å². The molecular weight excluding hydrogens is 214 g/mol. The SMILES string of the molecule is CCC(Nc1nc(CCN)cs1)C(=O)O. The Kier molecular flexibility index (Phi) is 4.51. The summed E-state index contributed by atoms with van der Waals surface area (Å²) in [7, 11) is 0. The van der Waals surface area contributed by atoms with Crippen molar-refractivity contribution in [2.24, 2.45) is 5.73 Å². The highest BCUT2D eigenvalue weighted by atomic mass is 32.1. The maximum absolute atomic E-state index is 10.8. The van der Waals surface area contributed by atoms with Gasteiger partial charge in [0.2, 0.25) is 0 Å². The van der Waals surface area contributed by atoms with Gasteiger partial charge in [-0.05, 0) is 13.0 Å². The largest absolute Gasteiger partial charge is 0.480 e. The van der Waals surface area contributed by atoms with Crippen molar-refractivity contribution in [2.75, 3.05) is 11.9 Å². The van der Waals surface area contributed by atoms with Crippen LogP contribution in [0.4, 0.5) is 5.13 Å². The first-order chi connectivity index (χ1) is 7.17. The Morgan fingerprint density at radius 2 is 2.53 bits per heavy atom. The van der Waals surface area contributed by atoms with Gasteiger partial charge in [-0.1, -0.05) is 6.92 Å². The molecule has 84 valence electrons. The van der Waals surface area contributed by atoms with Gasteiger partial charge >= 0.3 is 5.97 Å². The Morgan fingerprint density at radius 3 is 3.07 bits per heavy atom. The first-order valence-electron chi connectivity index (χ1n) is 4.81. The van der Waals surface area contributed by atoms with Crippen molar-refractivity contribution in [2.45, 2.75) is 25.8 Å². The Labute approximate surface area is 92.3 Å². The molecule has 0 spiro atoms. The van der Waals surface area contributed by atoms with Gasteiger partial charge in [0, 0.05) is 11.8 Å². The minimum Gasteiger partial charge on any atom is -0.480 e. The summed E-state index contributed by atoms with van der Waals surface area (Å²) < 4.78 is 0. The highest BCUT2D eigenvalue weighted by Crippen LogP contribution is 2.17. The van der Waals surface area contributed by atoms with E-state index in [-0.39, 0.29) is 0 Å². The number of carboxylic acid groups (broad SMARTS) is 1. The van der Waals surface area contributed by atoms with Crippen molar-refractivity contribution in [3.05, 3.63) is 11.1 Å². The fourth-order valence-electron chi connectivity index (χ4n) is 1.12. The molecule has 1 rings (SSSR count). The number of carboxylic acids is 1. The summed E-state index contributed by atoms with van der Waals surface area (Å²) in [5.41, 5.74) is 6.30. The standard InChI is InChI=1S/C9H15N3O2S/c1-2-7(8(13)14)12-9-11-6(3-4-10)5-15-9/h5,7H,2-4,10H2,1H3,(H,11,12)(H,13,14). The van der Waals surface area contributed by atoms with Gasteiger partial charge < -0.3 is 16.2 Å². The van der Waals surface area contributed by atoms with Gasteiger partial charge in [-0.15, -0.1) is 11.3 Å². The Bertz CT molecular complexity index is 327. The van der Waals surface area contributed by atoms with Crippen LogP contribution >= 0.6 is 11.3 Å². The second-order valence-corrected chi connectivity index (χ2v) is 3.98. The number of thiazole rings is 1. The molecule has 1 aromatic rings. The van der Waals surface area contributed by atoms with Crippen molar-refractivity contribution >= 4 is 22.4 Å². The zero-order valence-corrected chi connectivity index (χ0v) is 9.38. The lowest BCUT2D eigenvalue weighted by molar-refractivity contribution is -0.137. The van der Waals surface area contributed by atoms with Crippen LogP contribution in [-0.4, -0.2) is 28.6 Å². The van der Waals surface area contributed by atoms with Crippen molar-refractivity contribution < 1.29 is 9.90 Å². The molecular formula is C9H15N3O2S. The monoisotopic (exact) mass is 229 g/mol. The maximum atomic E-state index is 10.8. The number of hydrogen-bond donors (Lipinski definition) is 3. The van der Waals surface area contributed by atoms with Gasteiger partial charge in [0.1, 0.15) is 6.04 Å². The van der Waals surface area contributed by atoms with E-state index < -0.39 is 12.0 Å². The van der Waals surface area contributed by atoms with E-state index in [1.165, 1.54) is 11.3 Å². The molecule has 6 heteroatoms. The van der Waals surface area contributed by atoms with Crippen LogP contribution < -0.4 is 11.1 Å². The number of nitrogens with one attached hydrogen (secondary N) is 1. The van der Waals surface area contributed by atoms with Crippen LogP contribution in [0.15, 0.2) is 5.38 Å². The number of carbonyl (C=O) groups is 1. The summed E-state index contributed by atoms with van der Waals surface area (Å²) in [6, 6.07) is -0.568. The summed E-state index contributed by atoms with van der Waals surface area (Å²) in [5.74, 6) is -0.854. The first kappa shape index (κ1) is 11.9. The third kappa shape index (κ3) is 3.49. The van der Waals surface area contributed by atoms with Crippen LogP contribution in [-0.2, 0) is 11.2 Å². The predicted octanol–water partition coefficient (Wildman–Crippen LogP) is 0.919. The molecule has 0 aliphatic carbocycles. The van der Waals surface area contributed by atoms with Gasteiger partial charge in [0.25, 0.3) is 0 Å². The molecule has 0 saturated heterocycles. The van der Waals surface area contributed by atoms with Gasteiger partial charge in [-0.2, -0.15) is 0 Å². The fraction of sp³-hybridized carbons (Fsp3) is 0.556. The molecule has 1 heterocycles. The lowest BCUT2D eigenvalue weighted by atomic mass is 10.2. The zero-order valence-electron chi connectivity index (χ0n) is 8.56. The average molecular weight is 229 g/mol. The van der Waals surface area contributed by atoms with Crippen molar-refractivity contribution in [1.29, 1.82) is 0 Å². The number of nitrogens with two attached hydrogens (primary N) is 1. The summed E-state index contributed by atoms with van der Waals surface area (Å²) in [6.07, 6.45) is 1.25. The molecule has 0 radical (unpaired) electrons. The molecule has 15 heavy (non-hydrogen) atoms. The van der Waals surface area contributed by atoms with Crippen LogP contribution in [0.25, 0.3) is 0 Å². The summed E-state index contributed by atoms with van der Waals surface area (Å²) >= 11 is 1.41. The first-order valence-corrected chi connectivity index (χ1v) is 5.69. The topological polar surface area (TPSA) is 88.2 Å². The smallest absolute Gasteiger partial charge is 0.326 e. The minimum absolute atomic E-state index is 0.529. The van der Waals surface area contributed by atoms with Gasteiger partial charge in [-0.25, -0.2) is 9.78 Å². The van der Waals surface area contributed by atoms with Gasteiger partial charge in [0.15, 0.2) is 5.13 Å². The van der Waals surface area contributed by atoms with Crippen molar-refractivity contribution in [3.8, 4) is 0 Å². The van der Waals surface area contributed by atoms with Crippen LogP contribution in [0.1, 0.15) is 19.0 Å². The normalized spacial score (nSPS) is 12.4. The Balaban J connectivity index is 2.59. The molecule has 1 atom stereocenters. The molecule has 0 aliphatic rings. The molecule has 0 aromatic carbocycles. The highest BCUT2D eigenvalue weighted by Gasteiger charge is 2.15. The van der Waals surface area contributed by atoms with Gasteiger partial charge in [0.05, 0.1) is 5.69 Å². The van der Waals surface area contributed by atoms with Crippen LogP contribution in [0.5, 0.6) is 0 Å². The lowest BCUT2D eigenvalue weighted by Crippen LogP contribution is -2.28. The lowest BCUT2D eigenvalue weighted by Gasteiger charge is -2.10. The molecule has 0 fully saturated rings. The second-order valence-electron chi connectivity index (χ2n) is 3.13. The minimum atomic E-state index is -0.854. The highest BCUT2D eigenvalue weighted by molar-refractivity contribution is 7.13. The Morgan fingerprint density at radius 1 is 1.80 bits per heavy atom. The van der Waals surface area contributed by atoms with E-state index in [2.05, 4.69) is 10.3 Å². The average Bonchev–Trinajstić information content (AvgIpc) is 2.62. The molecule has 0 aliphatic heterocycles. The van der Waals surface area contributed by atoms with Crippen LogP contribution in [0.2, 0.25) is 0 Å². The fourth-order valence-corrected chi connectivity index (χ4v) is 1.92. The summed E-state index contributed by atoms with van der Waals surface area (Å²) in [5, 5.41) is 14.3. The van der Waals surface area contributed by atoms with Gasteiger partial charge in [-0.3, -0.25) is 0 Å². The van der Waals surface area contributed by atoms with E-state index in [1.807, 2.05) is 12.3 Å². The second kappa shape index (κ2) is 5.67. The summed E-state index contributed by atoms with van der Waals surface area (Å²) in [6.45, 7) is 2.37. The molecule has 0 saturated carbocycles.